The van der Waals surface area contributed by atoms with Gasteiger partial charge in [-0.3, -0.25) is 9.59 Å². The molecule has 0 fully saturated rings. The summed E-state index contributed by atoms with van der Waals surface area (Å²) >= 11 is 0. The standard InChI is InChI=1S/C54H106O6/c1-6-11-15-19-25-33-41-51(42-34-26-20-16-12-7-2)59-53(55)45-37-29-23-31-39-47-57-49-50(10-5)58-48-40-32-24-30-38-46-54(56)60-52(43-35-27-21-17-13-8-3)44-36-28-22-18-14-9-4/h50-52H,6-49H2,1-5H3. The molecule has 0 bridgehead atoms. The molecule has 0 spiro atoms. The van der Waals surface area contributed by atoms with Crippen LogP contribution in [-0.4, -0.2) is 50.1 Å². The summed E-state index contributed by atoms with van der Waals surface area (Å²) in [4.78, 5) is 25.4. The molecule has 0 heterocycles. The SMILES string of the molecule is CCCCCCCCC(CCCCCCCC)OC(=O)CCCCCCCOCC(CC)OCCCCCCCC(=O)OC(CCCCCCCC)CCCCCCCC. The molecular formula is C54H106O6. The lowest BCUT2D eigenvalue weighted by Gasteiger charge is -2.18. The maximum Gasteiger partial charge on any atom is 0.306 e. The van der Waals surface area contributed by atoms with Crippen molar-refractivity contribution in [2.75, 3.05) is 19.8 Å². The molecule has 0 aliphatic heterocycles. The van der Waals surface area contributed by atoms with Crippen LogP contribution in [0.1, 0.15) is 298 Å². The van der Waals surface area contributed by atoms with E-state index in [0.717, 1.165) is 110 Å². The molecule has 6 heteroatoms. The molecule has 0 aromatic heterocycles. The summed E-state index contributed by atoms with van der Waals surface area (Å²) in [6.07, 6.45) is 48.2. The molecule has 0 aliphatic rings. The van der Waals surface area contributed by atoms with E-state index in [-0.39, 0.29) is 30.3 Å². The first-order valence-corrected chi connectivity index (χ1v) is 27.1. The van der Waals surface area contributed by atoms with E-state index in [9.17, 15) is 9.59 Å². The number of rotatable bonds is 50. The average molecular weight is 851 g/mol. The van der Waals surface area contributed by atoms with Crippen LogP contribution in [0.2, 0.25) is 0 Å². The monoisotopic (exact) mass is 851 g/mol. The largest absolute Gasteiger partial charge is 0.462 e. The van der Waals surface area contributed by atoms with Crippen molar-refractivity contribution in [1.82, 2.24) is 0 Å². The molecule has 1 unspecified atom stereocenters. The van der Waals surface area contributed by atoms with E-state index in [1.54, 1.807) is 0 Å². The second-order valence-electron chi connectivity index (χ2n) is 18.5. The van der Waals surface area contributed by atoms with Crippen molar-refractivity contribution in [3.8, 4) is 0 Å². The predicted molar refractivity (Wildman–Crippen MR) is 258 cm³/mol. The molecule has 6 nitrogen and oxygen atoms in total. The first-order chi connectivity index (χ1) is 29.5. The zero-order valence-electron chi connectivity index (χ0n) is 41.3. The lowest BCUT2D eigenvalue weighted by Crippen LogP contribution is -2.20. The van der Waals surface area contributed by atoms with Crippen molar-refractivity contribution in [3.05, 3.63) is 0 Å². The minimum atomic E-state index is 0.0176. The zero-order valence-corrected chi connectivity index (χ0v) is 41.3. The van der Waals surface area contributed by atoms with E-state index in [4.69, 9.17) is 18.9 Å². The Kier molecular flexibility index (Phi) is 48.0. The molecule has 0 rings (SSSR count). The third kappa shape index (κ3) is 43.5. The summed E-state index contributed by atoms with van der Waals surface area (Å²) in [7, 11) is 0. The van der Waals surface area contributed by atoms with E-state index in [1.807, 2.05) is 0 Å². The third-order valence-electron chi connectivity index (χ3n) is 12.4. The van der Waals surface area contributed by atoms with E-state index >= 15 is 0 Å². The molecule has 358 valence electrons. The fourth-order valence-corrected chi connectivity index (χ4v) is 8.28. The molecule has 0 aromatic carbocycles. The van der Waals surface area contributed by atoms with Crippen molar-refractivity contribution < 1.29 is 28.5 Å². The zero-order chi connectivity index (χ0) is 43.8. The van der Waals surface area contributed by atoms with Gasteiger partial charge in [-0.2, -0.15) is 0 Å². The molecule has 0 saturated carbocycles. The molecule has 1 atom stereocenters. The van der Waals surface area contributed by atoms with Crippen LogP contribution in [0.3, 0.4) is 0 Å². The summed E-state index contributed by atoms with van der Waals surface area (Å²) < 4.78 is 24.2. The van der Waals surface area contributed by atoms with Gasteiger partial charge in [0.2, 0.25) is 0 Å². The number of hydrogen-bond acceptors (Lipinski definition) is 6. The highest BCUT2D eigenvalue weighted by Gasteiger charge is 2.16. The topological polar surface area (TPSA) is 71.1 Å². The Hall–Kier alpha value is -1.14. The Morgan fingerprint density at radius 2 is 0.633 bits per heavy atom. The molecule has 0 aromatic rings. The lowest BCUT2D eigenvalue weighted by molar-refractivity contribution is -0.151. The van der Waals surface area contributed by atoms with Crippen LogP contribution in [0, 0.1) is 0 Å². The van der Waals surface area contributed by atoms with Crippen LogP contribution >= 0.6 is 0 Å². The predicted octanol–water partition coefficient (Wildman–Crippen LogP) is 17.3. The third-order valence-corrected chi connectivity index (χ3v) is 12.4. The molecule has 0 amide bonds. The number of hydrogen-bond donors (Lipinski definition) is 0. The Balaban J connectivity index is 4.02. The minimum Gasteiger partial charge on any atom is -0.462 e. The smallest absolute Gasteiger partial charge is 0.306 e. The fraction of sp³-hybridized carbons (Fsp3) is 0.963. The van der Waals surface area contributed by atoms with Crippen LogP contribution in [0.5, 0.6) is 0 Å². The van der Waals surface area contributed by atoms with Gasteiger partial charge in [-0.1, -0.05) is 202 Å². The Morgan fingerprint density at radius 1 is 0.333 bits per heavy atom. The van der Waals surface area contributed by atoms with Gasteiger partial charge in [0.15, 0.2) is 0 Å². The highest BCUT2D eigenvalue weighted by Crippen LogP contribution is 2.20. The molecule has 0 aliphatic carbocycles. The summed E-state index contributed by atoms with van der Waals surface area (Å²) in [6, 6.07) is 0. The van der Waals surface area contributed by atoms with Gasteiger partial charge >= 0.3 is 11.9 Å². The molecule has 0 radical (unpaired) electrons. The van der Waals surface area contributed by atoms with Crippen molar-refractivity contribution in [2.45, 2.75) is 316 Å². The van der Waals surface area contributed by atoms with Gasteiger partial charge in [-0.05, 0) is 83.5 Å². The van der Waals surface area contributed by atoms with Crippen molar-refractivity contribution in [1.29, 1.82) is 0 Å². The van der Waals surface area contributed by atoms with Crippen LogP contribution in [0.25, 0.3) is 0 Å². The quantitative estimate of drug-likeness (QED) is 0.0448. The summed E-state index contributed by atoms with van der Waals surface area (Å²) in [6.45, 7) is 13.5. The van der Waals surface area contributed by atoms with Gasteiger partial charge in [-0.25, -0.2) is 0 Å². The van der Waals surface area contributed by atoms with Crippen molar-refractivity contribution >= 4 is 11.9 Å². The molecule has 0 N–H and O–H groups in total. The van der Waals surface area contributed by atoms with Gasteiger partial charge < -0.3 is 18.9 Å². The molecule has 0 saturated heterocycles. The second-order valence-corrected chi connectivity index (χ2v) is 18.5. The van der Waals surface area contributed by atoms with E-state index < -0.39 is 0 Å². The minimum absolute atomic E-state index is 0.0176. The van der Waals surface area contributed by atoms with Gasteiger partial charge in [-0.15, -0.1) is 0 Å². The van der Waals surface area contributed by atoms with Crippen molar-refractivity contribution in [3.63, 3.8) is 0 Å². The van der Waals surface area contributed by atoms with Crippen LogP contribution in [-0.2, 0) is 28.5 Å². The highest BCUT2D eigenvalue weighted by molar-refractivity contribution is 5.69. The number of carbonyl (C=O) groups excluding carboxylic acids is 2. The fourth-order valence-electron chi connectivity index (χ4n) is 8.28. The van der Waals surface area contributed by atoms with Crippen LogP contribution in [0.4, 0.5) is 0 Å². The van der Waals surface area contributed by atoms with E-state index in [0.29, 0.717) is 19.4 Å². The van der Waals surface area contributed by atoms with Crippen LogP contribution < -0.4 is 0 Å². The number of carbonyl (C=O) groups is 2. The van der Waals surface area contributed by atoms with Gasteiger partial charge in [0, 0.05) is 26.1 Å². The Labute approximate surface area is 375 Å². The highest BCUT2D eigenvalue weighted by atomic mass is 16.5. The van der Waals surface area contributed by atoms with E-state index in [1.165, 1.54) is 154 Å². The number of unbranched alkanes of at least 4 members (excludes halogenated alkanes) is 28. The molecule has 60 heavy (non-hydrogen) atoms. The average Bonchev–Trinajstić information content (AvgIpc) is 3.24. The number of ether oxygens (including phenoxy) is 4. The number of esters is 2. The lowest BCUT2D eigenvalue weighted by atomic mass is 10.0. The Morgan fingerprint density at radius 3 is 0.983 bits per heavy atom. The second kappa shape index (κ2) is 48.9. The normalized spacial score (nSPS) is 12.2. The van der Waals surface area contributed by atoms with Crippen molar-refractivity contribution in [2.24, 2.45) is 0 Å². The first-order valence-electron chi connectivity index (χ1n) is 27.1. The Bertz CT molecular complexity index is 831. The summed E-state index contributed by atoms with van der Waals surface area (Å²) in [5.74, 6) is 0.0353. The van der Waals surface area contributed by atoms with E-state index in [2.05, 4.69) is 34.6 Å². The van der Waals surface area contributed by atoms with Gasteiger partial charge in [0.25, 0.3) is 0 Å². The van der Waals surface area contributed by atoms with Crippen LogP contribution in [0.15, 0.2) is 0 Å². The summed E-state index contributed by atoms with van der Waals surface area (Å²) in [5.41, 5.74) is 0. The van der Waals surface area contributed by atoms with Gasteiger partial charge in [0.05, 0.1) is 12.7 Å². The maximum absolute atomic E-state index is 12.7. The van der Waals surface area contributed by atoms with Gasteiger partial charge in [0.1, 0.15) is 12.2 Å². The first kappa shape index (κ1) is 58.9. The molecular weight excluding hydrogens is 745 g/mol. The maximum atomic E-state index is 12.7. The summed E-state index contributed by atoms with van der Waals surface area (Å²) in [5, 5.41) is 0.